The quantitative estimate of drug-likeness (QED) is 0.685. The van der Waals surface area contributed by atoms with Crippen molar-refractivity contribution >= 4 is 23.0 Å². The van der Waals surface area contributed by atoms with Gasteiger partial charge in [0.15, 0.2) is 0 Å². The molecule has 1 aromatic carbocycles. The number of rotatable bonds is 4. The summed E-state index contributed by atoms with van der Waals surface area (Å²) in [5.74, 6) is -1.13. The van der Waals surface area contributed by atoms with Gasteiger partial charge in [-0.1, -0.05) is 23.5 Å². The Morgan fingerprint density at radius 3 is 2.45 bits per heavy atom. The number of thiazole rings is 1. The van der Waals surface area contributed by atoms with Crippen molar-refractivity contribution in [3.8, 4) is 0 Å². The van der Waals surface area contributed by atoms with Gasteiger partial charge in [-0.15, -0.1) is 0 Å². The number of benzene rings is 1. The van der Waals surface area contributed by atoms with E-state index in [4.69, 9.17) is 5.11 Å². The fraction of sp³-hybridized carbons (Fsp3) is 0.167. The SMILES string of the molecule is Cc1c(C(=O)O)sc(=O)n1Cc1ccc([N+](=O)[O-])cc1. The van der Waals surface area contributed by atoms with Crippen molar-refractivity contribution in [1.29, 1.82) is 0 Å². The third-order valence-electron chi connectivity index (χ3n) is 2.83. The third kappa shape index (κ3) is 2.59. The fourth-order valence-electron chi connectivity index (χ4n) is 1.76. The highest BCUT2D eigenvalue weighted by molar-refractivity contribution is 7.11. The van der Waals surface area contributed by atoms with Crippen molar-refractivity contribution in [2.45, 2.75) is 13.5 Å². The summed E-state index contributed by atoms with van der Waals surface area (Å²) in [7, 11) is 0. The Hall–Kier alpha value is -2.48. The summed E-state index contributed by atoms with van der Waals surface area (Å²) < 4.78 is 1.34. The molecule has 0 fully saturated rings. The second kappa shape index (κ2) is 5.25. The lowest BCUT2D eigenvalue weighted by Crippen LogP contribution is -2.15. The highest BCUT2D eigenvalue weighted by atomic mass is 32.1. The Kier molecular flexibility index (Phi) is 3.66. The van der Waals surface area contributed by atoms with Gasteiger partial charge in [-0.05, 0) is 12.5 Å². The average molecular weight is 294 g/mol. The standard InChI is InChI=1S/C12H10N2O5S/c1-7-10(11(15)16)20-12(17)13(7)6-8-2-4-9(5-3-8)14(18)19/h2-5H,6H2,1H3,(H,15,16). The van der Waals surface area contributed by atoms with Crippen LogP contribution in [0.15, 0.2) is 29.1 Å². The van der Waals surface area contributed by atoms with Crippen LogP contribution in [0.4, 0.5) is 5.69 Å². The second-order valence-corrected chi connectivity index (χ2v) is 5.06. The molecule has 0 radical (unpaired) electrons. The Morgan fingerprint density at radius 2 is 2.00 bits per heavy atom. The van der Waals surface area contributed by atoms with E-state index in [0.29, 0.717) is 22.6 Å². The maximum atomic E-state index is 11.8. The van der Waals surface area contributed by atoms with Crippen LogP contribution in [0.5, 0.6) is 0 Å². The lowest BCUT2D eigenvalue weighted by atomic mass is 10.2. The second-order valence-electron chi connectivity index (χ2n) is 4.10. The molecule has 8 heteroatoms. The van der Waals surface area contributed by atoms with Crippen LogP contribution in [0, 0.1) is 17.0 Å². The number of carboxylic acids is 1. The van der Waals surface area contributed by atoms with Crippen molar-refractivity contribution in [2.75, 3.05) is 0 Å². The first-order valence-electron chi connectivity index (χ1n) is 5.57. The number of non-ortho nitro benzene ring substituents is 1. The van der Waals surface area contributed by atoms with E-state index in [2.05, 4.69) is 0 Å². The van der Waals surface area contributed by atoms with Gasteiger partial charge in [-0.25, -0.2) is 4.79 Å². The molecule has 0 amide bonds. The van der Waals surface area contributed by atoms with Gasteiger partial charge in [0.1, 0.15) is 4.88 Å². The lowest BCUT2D eigenvalue weighted by Gasteiger charge is -2.04. The predicted octanol–water partition coefficient (Wildman–Crippen LogP) is 1.87. The van der Waals surface area contributed by atoms with Crippen LogP contribution < -0.4 is 4.87 Å². The summed E-state index contributed by atoms with van der Waals surface area (Å²) >= 11 is 0.676. The summed E-state index contributed by atoms with van der Waals surface area (Å²) in [5, 5.41) is 19.5. The van der Waals surface area contributed by atoms with Gasteiger partial charge >= 0.3 is 10.8 Å². The van der Waals surface area contributed by atoms with Crippen molar-refractivity contribution in [1.82, 2.24) is 4.57 Å². The van der Waals surface area contributed by atoms with Crippen LogP contribution in [0.25, 0.3) is 0 Å². The van der Waals surface area contributed by atoms with E-state index >= 15 is 0 Å². The molecule has 20 heavy (non-hydrogen) atoms. The van der Waals surface area contributed by atoms with Gasteiger partial charge < -0.3 is 5.11 Å². The molecule has 2 aromatic rings. The highest BCUT2D eigenvalue weighted by Gasteiger charge is 2.16. The van der Waals surface area contributed by atoms with E-state index < -0.39 is 10.9 Å². The molecule has 7 nitrogen and oxygen atoms in total. The Balaban J connectivity index is 2.33. The van der Waals surface area contributed by atoms with Gasteiger partial charge in [0.25, 0.3) is 5.69 Å². The van der Waals surface area contributed by atoms with E-state index in [1.54, 1.807) is 19.1 Å². The normalized spacial score (nSPS) is 10.4. The zero-order valence-corrected chi connectivity index (χ0v) is 11.2. The molecule has 0 bridgehead atoms. The van der Waals surface area contributed by atoms with Crippen molar-refractivity contribution in [2.24, 2.45) is 0 Å². The van der Waals surface area contributed by atoms with Crippen LogP contribution in [0.3, 0.4) is 0 Å². The van der Waals surface area contributed by atoms with E-state index in [1.807, 2.05) is 0 Å². The van der Waals surface area contributed by atoms with E-state index in [0.717, 1.165) is 0 Å². The molecule has 0 aliphatic carbocycles. The van der Waals surface area contributed by atoms with E-state index in [-0.39, 0.29) is 22.0 Å². The number of nitro benzene ring substituents is 1. The summed E-state index contributed by atoms with van der Waals surface area (Å²) in [6.07, 6.45) is 0. The van der Waals surface area contributed by atoms with Gasteiger partial charge in [-0.2, -0.15) is 0 Å². The monoisotopic (exact) mass is 294 g/mol. The largest absolute Gasteiger partial charge is 0.477 e. The first-order valence-corrected chi connectivity index (χ1v) is 6.38. The predicted molar refractivity (Wildman–Crippen MR) is 72.5 cm³/mol. The molecule has 0 aliphatic heterocycles. The van der Waals surface area contributed by atoms with Crippen LogP contribution in [0.2, 0.25) is 0 Å². The number of nitro groups is 1. The molecule has 0 unspecified atom stereocenters. The molecule has 1 heterocycles. The summed E-state index contributed by atoms with van der Waals surface area (Å²) in [6.45, 7) is 1.75. The van der Waals surface area contributed by atoms with Gasteiger partial charge in [0, 0.05) is 17.8 Å². The summed E-state index contributed by atoms with van der Waals surface area (Å²) in [4.78, 5) is 32.4. The molecule has 0 saturated heterocycles. The van der Waals surface area contributed by atoms with Gasteiger partial charge in [0.2, 0.25) is 0 Å². The zero-order chi connectivity index (χ0) is 14.9. The molecule has 2 rings (SSSR count). The first-order chi connectivity index (χ1) is 9.40. The smallest absolute Gasteiger partial charge is 0.347 e. The number of hydrogen-bond donors (Lipinski definition) is 1. The van der Waals surface area contributed by atoms with Crippen LogP contribution >= 0.6 is 11.3 Å². The maximum absolute atomic E-state index is 11.8. The number of aromatic nitrogens is 1. The Morgan fingerprint density at radius 1 is 1.40 bits per heavy atom. The molecule has 1 aromatic heterocycles. The first kappa shape index (κ1) is 13.9. The number of carbonyl (C=O) groups is 1. The minimum absolute atomic E-state index is 0.0110. The topological polar surface area (TPSA) is 102 Å². The molecule has 0 saturated carbocycles. The van der Waals surface area contributed by atoms with Crippen LogP contribution in [-0.4, -0.2) is 20.6 Å². The fourth-order valence-corrected chi connectivity index (χ4v) is 2.59. The van der Waals surface area contributed by atoms with Gasteiger partial charge in [0.05, 0.1) is 11.5 Å². The Bertz CT molecular complexity index is 729. The minimum atomic E-state index is -1.13. The summed E-state index contributed by atoms with van der Waals surface area (Å²) in [5.41, 5.74) is 1.04. The minimum Gasteiger partial charge on any atom is -0.477 e. The van der Waals surface area contributed by atoms with E-state index in [1.165, 1.54) is 16.7 Å². The molecule has 104 valence electrons. The van der Waals surface area contributed by atoms with Crippen molar-refractivity contribution in [3.63, 3.8) is 0 Å². The molecular weight excluding hydrogens is 284 g/mol. The lowest BCUT2D eigenvalue weighted by molar-refractivity contribution is -0.384. The third-order valence-corrected chi connectivity index (χ3v) is 3.89. The zero-order valence-electron chi connectivity index (χ0n) is 10.4. The van der Waals surface area contributed by atoms with E-state index in [9.17, 15) is 19.7 Å². The molecule has 1 N–H and O–H groups in total. The van der Waals surface area contributed by atoms with Crippen LogP contribution in [0.1, 0.15) is 20.9 Å². The number of hydrogen-bond acceptors (Lipinski definition) is 5. The van der Waals surface area contributed by atoms with Gasteiger partial charge in [-0.3, -0.25) is 19.5 Å². The van der Waals surface area contributed by atoms with Crippen molar-refractivity contribution < 1.29 is 14.8 Å². The highest BCUT2D eigenvalue weighted by Crippen LogP contribution is 2.16. The number of nitrogens with zero attached hydrogens (tertiary/aromatic N) is 2. The van der Waals surface area contributed by atoms with Crippen molar-refractivity contribution in [3.05, 3.63) is 60.2 Å². The summed E-state index contributed by atoms with van der Waals surface area (Å²) in [6, 6.07) is 5.78. The molecular formula is C12H10N2O5S. The van der Waals surface area contributed by atoms with Crippen LogP contribution in [-0.2, 0) is 6.54 Å². The Labute approximate surface area is 116 Å². The number of aromatic carboxylic acids is 1. The molecule has 0 spiro atoms. The molecule has 0 aliphatic rings. The molecule has 0 atom stereocenters. The number of carboxylic acid groups (broad SMARTS) is 1. The maximum Gasteiger partial charge on any atom is 0.347 e. The average Bonchev–Trinajstić information content (AvgIpc) is 2.67.